The van der Waals surface area contributed by atoms with Crippen LogP contribution in [0.5, 0.6) is 0 Å². The van der Waals surface area contributed by atoms with Gasteiger partial charge in [0.2, 0.25) is 0 Å². The monoisotopic (exact) mass is 365 g/mol. The fourth-order valence-corrected chi connectivity index (χ4v) is 5.45. The number of nitrogens with zero attached hydrogens (tertiary/aromatic N) is 1. The van der Waals surface area contributed by atoms with Crippen LogP contribution in [0.15, 0.2) is 39.6 Å². The molecule has 2 bridgehead atoms. The van der Waals surface area contributed by atoms with Crippen LogP contribution in [-0.2, 0) is 0 Å². The number of amides is 1. The first-order chi connectivity index (χ1) is 11.2. The summed E-state index contributed by atoms with van der Waals surface area (Å²) in [7, 11) is 0. The van der Waals surface area contributed by atoms with Gasteiger partial charge in [-0.25, -0.2) is 4.98 Å². The molecule has 3 unspecified atom stereocenters. The molecule has 4 heterocycles. The van der Waals surface area contributed by atoms with Gasteiger partial charge in [0.25, 0.3) is 5.91 Å². The second kappa shape index (κ2) is 6.43. The molecule has 0 aliphatic carbocycles. The van der Waals surface area contributed by atoms with E-state index in [2.05, 4.69) is 15.6 Å². The lowest BCUT2D eigenvalue weighted by Crippen LogP contribution is -2.42. The fraction of sp³-hybridized carbons (Fsp3) is 0.375. The maximum atomic E-state index is 12.4. The van der Waals surface area contributed by atoms with Crippen LogP contribution in [0.1, 0.15) is 28.9 Å². The van der Waals surface area contributed by atoms with Crippen LogP contribution in [0.25, 0.3) is 0 Å². The Bertz CT molecular complexity index is 736. The number of rotatable bonds is 4. The van der Waals surface area contributed by atoms with Gasteiger partial charge in [-0.2, -0.15) is 0 Å². The SMILES string of the molecule is O=C(NC1CC2CCC1N2)c1ccc(Sc2cccc(Cl)n2)s1. The van der Waals surface area contributed by atoms with Gasteiger partial charge in [-0.3, -0.25) is 4.79 Å². The second-order valence-electron chi connectivity index (χ2n) is 5.88. The summed E-state index contributed by atoms with van der Waals surface area (Å²) >= 11 is 8.92. The van der Waals surface area contributed by atoms with E-state index >= 15 is 0 Å². The predicted molar refractivity (Wildman–Crippen MR) is 93.5 cm³/mol. The van der Waals surface area contributed by atoms with Gasteiger partial charge in [0.05, 0.1) is 9.09 Å². The lowest BCUT2D eigenvalue weighted by molar-refractivity contribution is 0.0935. The summed E-state index contributed by atoms with van der Waals surface area (Å²) < 4.78 is 1.04. The minimum absolute atomic E-state index is 0.0280. The van der Waals surface area contributed by atoms with E-state index in [4.69, 9.17) is 11.6 Å². The summed E-state index contributed by atoms with van der Waals surface area (Å²) in [5.41, 5.74) is 0. The van der Waals surface area contributed by atoms with Gasteiger partial charge in [0.1, 0.15) is 10.2 Å². The number of aromatic nitrogens is 1. The van der Waals surface area contributed by atoms with Crippen molar-refractivity contribution in [3.05, 3.63) is 40.4 Å². The van der Waals surface area contributed by atoms with E-state index in [9.17, 15) is 4.79 Å². The largest absolute Gasteiger partial charge is 0.347 e. The second-order valence-corrected chi connectivity index (χ2v) is 8.67. The Morgan fingerprint density at radius 3 is 3.00 bits per heavy atom. The number of thiophene rings is 1. The van der Waals surface area contributed by atoms with E-state index in [0.717, 1.165) is 20.5 Å². The van der Waals surface area contributed by atoms with Crippen molar-refractivity contribution in [3.8, 4) is 0 Å². The Morgan fingerprint density at radius 2 is 2.26 bits per heavy atom. The number of pyridine rings is 1. The van der Waals surface area contributed by atoms with E-state index in [0.29, 0.717) is 17.2 Å². The predicted octanol–water partition coefficient (Wildman–Crippen LogP) is 3.57. The molecule has 2 aliphatic rings. The Hall–Kier alpha value is -1.08. The Kier molecular flexibility index (Phi) is 4.32. The third kappa shape index (κ3) is 3.40. The quantitative estimate of drug-likeness (QED) is 0.813. The number of carbonyl (C=O) groups excluding carboxylic acids is 1. The van der Waals surface area contributed by atoms with Gasteiger partial charge in [-0.15, -0.1) is 11.3 Å². The molecular weight excluding hydrogens is 350 g/mol. The molecule has 2 fully saturated rings. The van der Waals surface area contributed by atoms with E-state index in [1.165, 1.54) is 35.9 Å². The van der Waals surface area contributed by atoms with Crippen LogP contribution in [-0.4, -0.2) is 29.0 Å². The number of nitrogens with one attached hydrogen (secondary N) is 2. The molecule has 0 saturated carbocycles. The summed E-state index contributed by atoms with van der Waals surface area (Å²) in [4.78, 5) is 17.4. The lowest BCUT2D eigenvalue weighted by atomic mass is 9.95. The molecule has 0 radical (unpaired) electrons. The first-order valence-electron chi connectivity index (χ1n) is 7.64. The van der Waals surface area contributed by atoms with Crippen LogP contribution in [0.4, 0.5) is 0 Å². The summed E-state index contributed by atoms with van der Waals surface area (Å²) in [6, 6.07) is 10.7. The van der Waals surface area contributed by atoms with Crippen molar-refractivity contribution >= 4 is 40.6 Å². The molecular formula is C16H16ClN3OS2. The maximum absolute atomic E-state index is 12.4. The highest BCUT2D eigenvalue weighted by atomic mass is 35.5. The minimum Gasteiger partial charge on any atom is -0.347 e. The fourth-order valence-electron chi connectivity index (χ4n) is 3.27. The zero-order valence-electron chi connectivity index (χ0n) is 12.3. The average molecular weight is 366 g/mol. The van der Waals surface area contributed by atoms with E-state index in [1.54, 1.807) is 6.07 Å². The molecule has 7 heteroatoms. The van der Waals surface area contributed by atoms with Gasteiger partial charge in [-0.1, -0.05) is 29.4 Å². The number of hydrogen-bond donors (Lipinski definition) is 2. The van der Waals surface area contributed by atoms with Crippen LogP contribution in [0.2, 0.25) is 5.15 Å². The van der Waals surface area contributed by atoms with E-state index in [1.807, 2.05) is 24.3 Å². The minimum atomic E-state index is 0.0280. The van der Waals surface area contributed by atoms with Gasteiger partial charge >= 0.3 is 0 Å². The Labute approximate surface area is 148 Å². The van der Waals surface area contributed by atoms with Crippen LogP contribution >= 0.6 is 34.7 Å². The Balaban J connectivity index is 1.40. The van der Waals surface area contributed by atoms with Gasteiger partial charge in [0.15, 0.2) is 0 Å². The third-order valence-electron chi connectivity index (χ3n) is 4.32. The number of carbonyl (C=O) groups is 1. The van der Waals surface area contributed by atoms with Crippen molar-refractivity contribution < 1.29 is 4.79 Å². The molecule has 1 amide bonds. The van der Waals surface area contributed by atoms with Crippen molar-refractivity contribution in [1.29, 1.82) is 0 Å². The van der Waals surface area contributed by atoms with Crippen molar-refractivity contribution in [2.75, 3.05) is 0 Å². The molecule has 2 saturated heterocycles. The standard InChI is InChI=1S/C16H16ClN3OS2/c17-13-2-1-3-14(20-13)23-15-7-6-12(22-15)16(21)19-11-8-9-4-5-10(11)18-9/h1-3,6-7,9-11,18H,4-5,8H2,(H,19,21). The van der Waals surface area contributed by atoms with E-state index < -0.39 is 0 Å². The molecule has 4 rings (SSSR count). The van der Waals surface area contributed by atoms with Gasteiger partial charge in [0, 0.05) is 18.1 Å². The normalized spacial score (nSPS) is 25.7. The van der Waals surface area contributed by atoms with Crippen molar-refractivity contribution in [3.63, 3.8) is 0 Å². The summed E-state index contributed by atoms with van der Waals surface area (Å²) in [5.74, 6) is 0.0280. The van der Waals surface area contributed by atoms with Crippen LogP contribution in [0, 0.1) is 0 Å². The molecule has 2 N–H and O–H groups in total. The number of fused-ring (bicyclic) bond motifs is 2. The molecule has 0 spiro atoms. The topological polar surface area (TPSA) is 54.0 Å². The molecule has 23 heavy (non-hydrogen) atoms. The zero-order chi connectivity index (χ0) is 15.8. The van der Waals surface area contributed by atoms with Crippen LogP contribution in [0.3, 0.4) is 0 Å². The lowest BCUT2D eigenvalue weighted by Gasteiger charge is -2.20. The Morgan fingerprint density at radius 1 is 1.35 bits per heavy atom. The summed E-state index contributed by atoms with van der Waals surface area (Å²) in [6.45, 7) is 0. The highest BCUT2D eigenvalue weighted by Gasteiger charge is 2.39. The van der Waals surface area contributed by atoms with Gasteiger partial charge in [-0.05, 0) is 43.5 Å². The molecule has 2 aromatic heterocycles. The van der Waals surface area contributed by atoms with Crippen LogP contribution < -0.4 is 10.6 Å². The highest BCUT2D eigenvalue weighted by Crippen LogP contribution is 2.33. The first-order valence-corrected chi connectivity index (χ1v) is 9.65. The number of halogens is 1. The average Bonchev–Trinajstić information content (AvgIpc) is 3.23. The zero-order valence-corrected chi connectivity index (χ0v) is 14.7. The van der Waals surface area contributed by atoms with Gasteiger partial charge < -0.3 is 10.6 Å². The third-order valence-corrected chi connectivity index (χ3v) is 6.68. The molecule has 3 atom stereocenters. The van der Waals surface area contributed by atoms with Crippen molar-refractivity contribution in [2.45, 2.75) is 46.6 Å². The summed E-state index contributed by atoms with van der Waals surface area (Å²) in [5, 5.41) is 8.03. The molecule has 2 aliphatic heterocycles. The molecule has 2 aromatic rings. The highest BCUT2D eigenvalue weighted by molar-refractivity contribution is 8.01. The molecule has 4 nitrogen and oxygen atoms in total. The first kappa shape index (κ1) is 15.4. The number of hydrogen-bond acceptors (Lipinski definition) is 5. The van der Waals surface area contributed by atoms with Crippen molar-refractivity contribution in [2.24, 2.45) is 0 Å². The van der Waals surface area contributed by atoms with E-state index in [-0.39, 0.29) is 11.9 Å². The molecule has 0 aromatic carbocycles. The van der Waals surface area contributed by atoms with Crippen molar-refractivity contribution in [1.82, 2.24) is 15.6 Å². The smallest absolute Gasteiger partial charge is 0.261 e. The molecule has 120 valence electrons. The maximum Gasteiger partial charge on any atom is 0.261 e. The summed E-state index contributed by atoms with van der Waals surface area (Å²) in [6.07, 6.45) is 3.46.